The van der Waals surface area contributed by atoms with Crippen molar-refractivity contribution in [3.63, 3.8) is 0 Å². The predicted octanol–water partition coefficient (Wildman–Crippen LogP) is 2.47. The molecule has 3 aromatic rings. The van der Waals surface area contributed by atoms with Crippen LogP contribution in [0.1, 0.15) is 161 Å². The summed E-state index contributed by atoms with van der Waals surface area (Å²) in [6.07, 6.45) is 10.8. The molecule has 5 rings (SSSR count). The number of rotatable bonds is 44. The Labute approximate surface area is 520 Å². The molecular weight excluding hydrogens is 1150 g/mol. The Morgan fingerprint density at radius 2 is 0.898 bits per heavy atom. The van der Waals surface area contributed by atoms with E-state index >= 15 is 0 Å². The molecule has 6 amide bonds. The van der Waals surface area contributed by atoms with Crippen LogP contribution in [-0.4, -0.2) is 153 Å². The molecule has 486 valence electrons. The Morgan fingerprint density at radius 1 is 0.500 bits per heavy atom. The van der Waals surface area contributed by atoms with E-state index in [1.807, 2.05) is 0 Å². The van der Waals surface area contributed by atoms with Crippen molar-refractivity contribution in [2.45, 2.75) is 164 Å². The van der Waals surface area contributed by atoms with E-state index < -0.39 is 83.8 Å². The Balaban J connectivity index is 1.16. The van der Waals surface area contributed by atoms with Gasteiger partial charge in [-0.05, 0) is 127 Å². The molecule has 5 unspecified atom stereocenters. The van der Waals surface area contributed by atoms with Crippen LogP contribution >= 0.6 is 12.2 Å². The van der Waals surface area contributed by atoms with Gasteiger partial charge < -0.3 is 95.5 Å². The summed E-state index contributed by atoms with van der Waals surface area (Å²) in [6, 6.07) is 8.88. The van der Waals surface area contributed by atoms with Gasteiger partial charge in [-0.3, -0.25) is 28.8 Å². The fourth-order valence-corrected chi connectivity index (χ4v) is 10.8. The Hall–Kier alpha value is -7.04. The molecule has 5 atom stereocenters. The van der Waals surface area contributed by atoms with Crippen LogP contribution in [0.25, 0.3) is 0 Å². The largest absolute Gasteiger partial charge is 0.508 e. The highest BCUT2D eigenvalue weighted by Crippen LogP contribution is 2.57. The van der Waals surface area contributed by atoms with Crippen molar-refractivity contribution >= 4 is 58.6 Å². The quantitative estimate of drug-likeness (QED) is 0.0220. The van der Waals surface area contributed by atoms with Gasteiger partial charge in [-0.2, -0.15) is 0 Å². The van der Waals surface area contributed by atoms with Gasteiger partial charge in [0, 0.05) is 40.9 Å². The van der Waals surface area contributed by atoms with Gasteiger partial charge in [-0.1, -0.05) is 88.6 Å². The third kappa shape index (κ3) is 21.9. The minimum Gasteiger partial charge on any atom is -0.508 e. The minimum atomic E-state index is -1.41. The van der Waals surface area contributed by atoms with Gasteiger partial charge >= 0.3 is 5.97 Å². The van der Waals surface area contributed by atoms with Crippen LogP contribution in [-0.2, 0) is 48.6 Å². The zero-order valence-electron chi connectivity index (χ0n) is 50.6. The lowest BCUT2D eigenvalue weighted by Crippen LogP contribution is -2.59. The van der Waals surface area contributed by atoms with E-state index in [2.05, 4.69) is 31.9 Å². The summed E-state index contributed by atoms with van der Waals surface area (Å²) in [7, 11) is 0. The van der Waals surface area contributed by atoms with E-state index in [0.29, 0.717) is 150 Å². The highest BCUT2D eigenvalue weighted by molar-refractivity contribution is 7.80. The van der Waals surface area contributed by atoms with Crippen LogP contribution in [0.4, 0.5) is 0 Å². The van der Waals surface area contributed by atoms with Crippen LogP contribution in [0.15, 0.2) is 54.6 Å². The molecule has 3 aromatic carbocycles. The smallest absolute Gasteiger partial charge is 0.340 e. The van der Waals surface area contributed by atoms with Gasteiger partial charge in [0.25, 0.3) is 0 Å². The molecule has 20 N–H and O–H groups in total. The average Bonchev–Trinajstić information content (AvgIpc) is 1.54. The Bertz CT molecular complexity index is 2720. The molecule has 2 aliphatic rings. The zero-order valence-corrected chi connectivity index (χ0v) is 51.4. The van der Waals surface area contributed by atoms with Crippen molar-refractivity contribution < 1.29 is 62.7 Å². The monoisotopic (exact) mass is 1250 g/mol. The number of esters is 1. The number of nitrogens with two attached hydrogens (primary N) is 6. The summed E-state index contributed by atoms with van der Waals surface area (Å²) in [6.45, 7) is 2.47. The third-order valence-corrected chi connectivity index (χ3v) is 15.7. The van der Waals surface area contributed by atoms with E-state index in [4.69, 9.17) is 65.6 Å². The molecule has 2 heterocycles. The number of nitrogens with one attached hydrogen (secondary N) is 6. The standard InChI is InChI=1S/C62H94N12O13S/c63-27-11-1-6-16-47(55(68)78)71-57(80)49(18-8-3-13-29-65)73-59(82)51(20-10-5-15-31-67)74-58(81)50(19-9-4-14-30-66)72-56(79)48(17-7-2-12-28-64)70-54(77)39-85-35-34-84-33-32-69-60(88)40-21-24-44-43(36-40)61(83)87-62(44)45-25-22-41(75)37-52(45)86-53-38-42(76)23-26-46(53)62/h21-26,36-38,47-51,75-76H,1-20,27-35,39,63-67H2,(H2,68,78)(H,69,88)(H,70,77)(H,71,80)(H,72,79)(H,73,82)(H,74,81). The van der Waals surface area contributed by atoms with Crippen molar-refractivity contribution in [3.8, 4) is 23.0 Å². The Morgan fingerprint density at radius 3 is 1.33 bits per heavy atom. The number of amides is 6. The predicted molar refractivity (Wildman–Crippen MR) is 336 cm³/mol. The van der Waals surface area contributed by atoms with Gasteiger partial charge in [-0.25, -0.2) is 4.79 Å². The summed E-state index contributed by atoms with van der Waals surface area (Å²) in [5.74, 6) is -3.91. The van der Waals surface area contributed by atoms with Crippen molar-refractivity contribution in [2.75, 3.05) is 65.7 Å². The normalized spacial score (nSPS) is 14.4. The highest BCUT2D eigenvalue weighted by atomic mass is 32.1. The van der Waals surface area contributed by atoms with E-state index in [9.17, 15) is 43.8 Å². The number of aromatic hydroxyl groups is 2. The van der Waals surface area contributed by atoms with Crippen molar-refractivity contribution in [3.05, 3.63) is 82.4 Å². The maximum Gasteiger partial charge on any atom is 0.340 e. The van der Waals surface area contributed by atoms with Gasteiger partial charge in [0.15, 0.2) is 5.60 Å². The zero-order chi connectivity index (χ0) is 63.8. The summed E-state index contributed by atoms with van der Waals surface area (Å²) >= 11 is 5.68. The first-order valence-electron chi connectivity index (χ1n) is 31.0. The fourth-order valence-electron chi connectivity index (χ4n) is 10.6. The Kier molecular flexibility index (Phi) is 31.3. The first-order chi connectivity index (χ1) is 42.5. The van der Waals surface area contributed by atoms with Crippen molar-refractivity contribution in [2.24, 2.45) is 34.4 Å². The number of hydrogen-bond acceptors (Lipinski definition) is 19. The lowest BCUT2D eigenvalue weighted by molar-refractivity contribution is -0.135. The summed E-state index contributed by atoms with van der Waals surface area (Å²) in [5.41, 5.74) is 35.3. The molecule has 0 bridgehead atoms. The van der Waals surface area contributed by atoms with Crippen molar-refractivity contribution in [1.29, 1.82) is 0 Å². The van der Waals surface area contributed by atoms with Crippen LogP contribution < -0.4 is 71.0 Å². The number of primary amides is 1. The molecule has 25 nitrogen and oxygen atoms in total. The number of unbranched alkanes of at least 4 members (excludes halogenated alkanes) is 10. The summed E-state index contributed by atoms with van der Waals surface area (Å²) in [4.78, 5) is 96.5. The van der Waals surface area contributed by atoms with E-state index in [-0.39, 0.29) is 80.6 Å². The fraction of sp³-hybridized carbons (Fsp3) is 0.581. The van der Waals surface area contributed by atoms with Gasteiger partial charge in [0.05, 0.1) is 25.4 Å². The third-order valence-electron chi connectivity index (χ3n) is 15.4. The molecule has 88 heavy (non-hydrogen) atoms. The molecule has 26 heteroatoms. The topological polar surface area (TPSA) is 425 Å². The lowest BCUT2D eigenvalue weighted by Gasteiger charge is -2.36. The van der Waals surface area contributed by atoms with Crippen molar-refractivity contribution in [1.82, 2.24) is 31.9 Å². The average molecular weight is 1250 g/mol. The summed E-state index contributed by atoms with van der Waals surface area (Å²) in [5, 5.41) is 37.7. The van der Waals surface area contributed by atoms with E-state index in [1.54, 1.807) is 30.3 Å². The SMILES string of the molecule is NCCCCCC(NC(=O)C(CCCCCN)NC(=O)C(CCCCCN)NC(=O)C(CCCCCN)NC(=O)C(CCCCCN)NC(=O)COCCOCCNC(=S)c1ccc2c(c1)C(=O)OC21c2ccc(O)cc2Oc2cc(O)ccc21)C(N)=O. The molecule has 1 spiro atoms. The maximum absolute atomic E-state index is 14.4. The van der Waals surface area contributed by atoms with Gasteiger partial charge in [-0.15, -0.1) is 0 Å². The first kappa shape index (κ1) is 71.7. The first-order valence-corrected chi connectivity index (χ1v) is 31.4. The molecular formula is C62H94N12O13S. The molecule has 0 radical (unpaired) electrons. The van der Waals surface area contributed by atoms with Gasteiger partial charge in [0.2, 0.25) is 35.4 Å². The van der Waals surface area contributed by atoms with Crippen LogP contribution in [0, 0.1) is 0 Å². The van der Waals surface area contributed by atoms with Gasteiger partial charge in [0.1, 0.15) is 64.8 Å². The van der Waals surface area contributed by atoms with Crippen LogP contribution in [0.3, 0.4) is 0 Å². The molecule has 0 fully saturated rings. The molecule has 0 aliphatic carbocycles. The number of phenols is 2. The van der Waals surface area contributed by atoms with E-state index in [0.717, 1.165) is 12.8 Å². The second-order valence-electron chi connectivity index (χ2n) is 22.2. The van der Waals surface area contributed by atoms with E-state index in [1.165, 1.54) is 24.3 Å². The molecule has 0 saturated heterocycles. The molecule has 2 aliphatic heterocycles. The number of carbonyl (C=O) groups is 7. The van der Waals surface area contributed by atoms with Crippen LogP contribution in [0.2, 0.25) is 0 Å². The highest BCUT2D eigenvalue weighted by Gasteiger charge is 2.54. The number of thiocarbonyl (C=S) groups is 1. The number of carbonyl (C=O) groups excluding carboxylic acids is 7. The maximum atomic E-state index is 14.4. The second kappa shape index (κ2) is 38.4. The number of hydrogen-bond donors (Lipinski definition) is 14. The lowest BCUT2D eigenvalue weighted by atomic mass is 9.77. The second-order valence-corrected chi connectivity index (χ2v) is 22.6. The minimum absolute atomic E-state index is 0.0334. The summed E-state index contributed by atoms with van der Waals surface area (Å²) < 4.78 is 23.6. The number of ether oxygens (including phenoxy) is 4. The number of benzene rings is 3. The molecule has 0 saturated carbocycles. The number of phenolic OH excluding ortho intramolecular Hbond substituents is 2. The molecule has 0 aromatic heterocycles. The number of fused-ring (bicyclic) bond motifs is 6. The van der Waals surface area contributed by atoms with Crippen LogP contribution in [0.5, 0.6) is 23.0 Å².